The van der Waals surface area contributed by atoms with Crippen LogP contribution in [-0.4, -0.2) is 45.9 Å². The number of hydrogen-bond donors (Lipinski definition) is 2. The van der Waals surface area contributed by atoms with Gasteiger partial charge in [0, 0.05) is 24.4 Å². The van der Waals surface area contributed by atoms with Crippen molar-refractivity contribution < 1.29 is 10.2 Å². The van der Waals surface area contributed by atoms with Crippen LogP contribution in [0.15, 0.2) is 23.8 Å². The summed E-state index contributed by atoms with van der Waals surface area (Å²) in [5.74, 6) is 7.40. The van der Waals surface area contributed by atoms with Crippen LogP contribution in [0.1, 0.15) is 86.5 Å². The van der Waals surface area contributed by atoms with E-state index in [1.54, 1.807) is 5.57 Å². The fourth-order valence-electron chi connectivity index (χ4n) is 5.61. The van der Waals surface area contributed by atoms with E-state index in [9.17, 15) is 10.2 Å². The quantitative estimate of drug-likeness (QED) is 0.256. The highest BCUT2D eigenvalue weighted by Gasteiger charge is 2.44. The Morgan fingerprint density at radius 1 is 1.10 bits per heavy atom. The number of aliphatic hydroxyl groups is 2. The Hall–Kier alpha value is -1.08. The van der Waals surface area contributed by atoms with E-state index in [4.69, 9.17) is 0 Å². The highest BCUT2D eigenvalue weighted by Crippen LogP contribution is 2.50. The van der Waals surface area contributed by atoms with Crippen LogP contribution in [0, 0.1) is 35.5 Å². The Morgan fingerprint density at radius 2 is 1.81 bits per heavy atom. The molecule has 3 heteroatoms. The van der Waals surface area contributed by atoms with Crippen LogP contribution >= 0.6 is 0 Å². The maximum absolute atomic E-state index is 10.6. The fourth-order valence-corrected chi connectivity index (χ4v) is 5.61. The first kappa shape index (κ1) is 26.2. The van der Waals surface area contributed by atoms with Gasteiger partial charge in [0.2, 0.25) is 0 Å². The van der Waals surface area contributed by atoms with Gasteiger partial charge in [-0.2, -0.15) is 0 Å². The Morgan fingerprint density at radius 3 is 2.45 bits per heavy atom. The molecule has 2 fully saturated rings. The van der Waals surface area contributed by atoms with Gasteiger partial charge in [-0.3, -0.25) is 4.90 Å². The molecule has 2 N–H and O–H groups in total. The van der Waals surface area contributed by atoms with E-state index in [-0.39, 0.29) is 17.9 Å². The van der Waals surface area contributed by atoms with Crippen molar-refractivity contribution in [3.05, 3.63) is 23.8 Å². The first-order chi connectivity index (χ1) is 14.7. The molecule has 31 heavy (non-hydrogen) atoms. The summed E-state index contributed by atoms with van der Waals surface area (Å²) in [5.41, 5.74) is 1.59. The van der Waals surface area contributed by atoms with Crippen LogP contribution in [-0.2, 0) is 0 Å². The van der Waals surface area contributed by atoms with Crippen molar-refractivity contribution in [2.24, 2.45) is 23.7 Å². The van der Waals surface area contributed by atoms with Crippen molar-refractivity contribution in [2.75, 3.05) is 6.54 Å². The van der Waals surface area contributed by atoms with Crippen LogP contribution < -0.4 is 0 Å². The average Bonchev–Trinajstić information content (AvgIpc) is 3.22. The van der Waals surface area contributed by atoms with E-state index >= 15 is 0 Å². The highest BCUT2D eigenvalue weighted by atomic mass is 16.3. The molecule has 176 valence electrons. The van der Waals surface area contributed by atoms with Gasteiger partial charge in [-0.1, -0.05) is 30.7 Å². The lowest BCUT2D eigenvalue weighted by Gasteiger charge is -2.30. The summed E-state index contributed by atoms with van der Waals surface area (Å²) in [5, 5.41) is 21.0. The van der Waals surface area contributed by atoms with Gasteiger partial charge in [-0.05, 0) is 97.4 Å². The van der Waals surface area contributed by atoms with Gasteiger partial charge in [-0.25, -0.2) is 0 Å². The number of aliphatic hydroxyl groups excluding tert-OH is 2. The molecule has 6 atom stereocenters. The molecule has 0 spiro atoms. The zero-order valence-electron chi connectivity index (χ0n) is 20.8. The Kier molecular flexibility index (Phi) is 10.8. The summed E-state index contributed by atoms with van der Waals surface area (Å²) < 4.78 is 0. The zero-order valence-corrected chi connectivity index (χ0v) is 20.8. The Balaban J connectivity index is 1.81. The molecule has 0 heterocycles. The van der Waals surface area contributed by atoms with E-state index in [0.717, 1.165) is 19.3 Å². The average molecular weight is 430 g/mol. The van der Waals surface area contributed by atoms with E-state index in [0.29, 0.717) is 30.3 Å². The minimum Gasteiger partial charge on any atom is -0.392 e. The predicted octanol–water partition coefficient (Wildman–Crippen LogP) is 5.58. The Bertz CT molecular complexity index is 646. The molecule has 0 unspecified atom stereocenters. The number of fused-ring (bicyclic) bond motifs is 1. The van der Waals surface area contributed by atoms with Gasteiger partial charge in [0.25, 0.3) is 0 Å². The lowest BCUT2D eigenvalue weighted by molar-refractivity contribution is 0.137. The summed E-state index contributed by atoms with van der Waals surface area (Å²) >= 11 is 0. The third-order valence-electron chi connectivity index (χ3n) is 7.46. The third-order valence-corrected chi connectivity index (χ3v) is 7.46. The van der Waals surface area contributed by atoms with Gasteiger partial charge in [0.15, 0.2) is 0 Å². The second-order valence-electron chi connectivity index (χ2n) is 10.5. The molecule has 0 aromatic heterocycles. The van der Waals surface area contributed by atoms with Crippen LogP contribution in [0.3, 0.4) is 0 Å². The van der Waals surface area contributed by atoms with Gasteiger partial charge >= 0.3 is 0 Å². The fraction of sp³-hybridized carbons (Fsp3) is 0.786. The third kappa shape index (κ3) is 7.77. The van der Waals surface area contributed by atoms with Crippen molar-refractivity contribution >= 4 is 0 Å². The molecule has 2 aliphatic rings. The number of unbranched alkanes of at least 4 members (excludes halogenated alkanes) is 2. The minimum absolute atomic E-state index is 0.124. The van der Waals surface area contributed by atoms with Gasteiger partial charge < -0.3 is 10.2 Å². The molecule has 2 saturated carbocycles. The first-order valence-electron chi connectivity index (χ1n) is 12.6. The second kappa shape index (κ2) is 12.8. The molecule has 0 aromatic carbocycles. The van der Waals surface area contributed by atoms with E-state index < -0.39 is 6.10 Å². The maximum atomic E-state index is 10.6. The lowest BCUT2D eigenvalue weighted by Crippen LogP contribution is -2.37. The summed E-state index contributed by atoms with van der Waals surface area (Å²) in [6.45, 7) is 14.2. The van der Waals surface area contributed by atoms with E-state index in [1.165, 1.54) is 25.8 Å². The second-order valence-corrected chi connectivity index (χ2v) is 10.5. The monoisotopic (exact) mass is 429 g/mol. The molecular formula is C28H47NO2. The number of nitrogens with zero attached hydrogens (tertiary/aromatic N) is 1. The SMILES string of the molecule is CC#CC[C@H](C)[C@H](O)C=C[C@@H]1[C@H]2CC(=CCCCCN(C(C)C)C(C)C)C[C@H]2C[C@H]1O. The van der Waals surface area contributed by atoms with Crippen molar-refractivity contribution in [2.45, 2.75) is 111 Å². The van der Waals surface area contributed by atoms with E-state index in [2.05, 4.69) is 56.6 Å². The summed E-state index contributed by atoms with van der Waals surface area (Å²) in [6.07, 6.45) is 13.3. The summed E-state index contributed by atoms with van der Waals surface area (Å²) in [6, 6.07) is 1.23. The molecule has 2 rings (SSSR count). The lowest BCUT2D eigenvalue weighted by atomic mass is 9.89. The highest BCUT2D eigenvalue weighted by molar-refractivity contribution is 5.18. The summed E-state index contributed by atoms with van der Waals surface area (Å²) in [7, 11) is 0. The Labute approximate surface area is 192 Å². The molecule has 0 saturated heterocycles. The number of hydrogen-bond acceptors (Lipinski definition) is 3. The van der Waals surface area contributed by atoms with Crippen LogP contribution in [0.25, 0.3) is 0 Å². The molecule has 0 aliphatic heterocycles. The molecule has 0 amide bonds. The normalized spacial score (nSPS) is 29.2. The van der Waals surface area contributed by atoms with Crippen molar-refractivity contribution in [3.8, 4) is 11.8 Å². The molecule has 2 aliphatic carbocycles. The maximum Gasteiger partial charge on any atom is 0.0755 e. The van der Waals surface area contributed by atoms with Gasteiger partial charge in [-0.15, -0.1) is 11.8 Å². The first-order valence-corrected chi connectivity index (χ1v) is 12.6. The zero-order chi connectivity index (χ0) is 23.0. The molecule has 0 bridgehead atoms. The van der Waals surface area contributed by atoms with Crippen molar-refractivity contribution in [1.29, 1.82) is 0 Å². The predicted molar refractivity (Wildman–Crippen MR) is 132 cm³/mol. The van der Waals surface area contributed by atoms with E-state index in [1.807, 2.05) is 19.9 Å². The number of allylic oxidation sites excluding steroid dienone is 2. The smallest absolute Gasteiger partial charge is 0.0755 e. The topological polar surface area (TPSA) is 43.7 Å². The number of rotatable bonds is 11. The molecule has 0 aromatic rings. The van der Waals surface area contributed by atoms with Crippen LogP contribution in [0.4, 0.5) is 0 Å². The molecular weight excluding hydrogens is 382 g/mol. The van der Waals surface area contributed by atoms with Crippen LogP contribution in [0.2, 0.25) is 0 Å². The summed E-state index contributed by atoms with van der Waals surface area (Å²) in [4.78, 5) is 2.58. The van der Waals surface area contributed by atoms with Crippen molar-refractivity contribution in [3.63, 3.8) is 0 Å². The largest absolute Gasteiger partial charge is 0.392 e. The van der Waals surface area contributed by atoms with Crippen LogP contribution in [0.5, 0.6) is 0 Å². The minimum atomic E-state index is -0.486. The molecule has 0 radical (unpaired) electrons. The van der Waals surface area contributed by atoms with Gasteiger partial charge in [0.05, 0.1) is 12.2 Å². The van der Waals surface area contributed by atoms with Crippen molar-refractivity contribution in [1.82, 2.24) is 4.90 Å². The standard InChI is InChI=1S/C28H47NO2/c1-7-8-12-22(6)27(30)15-14-25-26-18-23(17-24(26)19-28(25)31)13-10-9-11-16-29(20(2)3)21(4)5/h13-15,20-22,24-28,30-31H,9-12,16-19H2,1-6H3/t22-,24-,25+,26-,27+,28+/m0/s1. The van der Waals surface area contributed by atoms with Gasteiger partial charge in [0.1, 0.15) is 0 Å². The molecule has 3 nitrogen and oxygen atoms in total.